The second kappa shape index (κ2) is 8.37. The van der Waals surface area contributed by atoms with Crippen molar-refractivity contribution in [3.8, 4) is 5.75 Å². The van der Waals surface area contributed by atoms with Gasteiger partial charge in [-0.25, -0.2) is 4.98 Å². The minimum absolute atomic E-state index is 0.373. The lowest BCUT2D eigenvalue weighted by Crippen LogP contribution is -2.39. The molecule has 4 nitrogen and oxygen atoms in total. The Bertz CT molecular complexity index is 841. The Hall–Kier alpha value is -1.63. The fraction of sp³-hybridized carbons (Fsp3) is 0.350. The molecule has 0 saturated heterocycles. The summed E-state index contributed by atoms with van der Waals surface area (Å²) in [6.45, 7) is 3.98. The van der Waals surface area contributed by atoms with Crippen molar-refractivity contribution in [3.63, 3.8) is 0 Å². The zero-order chi connectivity index (χ0) is 17.8. The first-order valence-electron chi connectivity index (χ1n) is 8.82. The predicted octanol–water partition coefficient (Wildman–Crippen LogP) is 4.70. The molecule has 0 bridgehead atoms. The van der Waals surface area contributed by atoms with Crippen molar-refractivity contribution in [3.05, 3.63) is 48.9 Å². The van der Waals surface area contributed by atoms with E-state index in [9.17, 15) is 0 Å². The third-order valence-electron chi connectivity index (χ3n) is 4.33. The van der Waals surface area contributed by atoms with Gasteiger partial charge in [0.15, 0.2) is 12.0 Å². The van der Waals surface area contributed by atoms with Gasteiger partial charge >= 0.3 is 0 Å². The molecule has 2 heterocycles. The first kappa shape index (κ1) is 17.8. The van der Waals surface area contributed by atoms with Crippen molar-refractivity contribution in [2.24, 2.45) is 5.92 Å². The summed E-state index contributed by atoms with van der Waals surface area (Å²) in [5, 5.41) is 3.67. The number of ether oxygens (including phenoxy) is 1. The van der Waals surface area contributed by atoms with Crippen molar-refractivity contribution in [1.29, 1.82) is 0 Å². The molecule has 1 aliphatic heterocycles. The van der Waals surface area contributed by atoms with Crippen LogP contribution < -0.4 is 10.1 Å². The summed E-state index contributed by atoms with van der Waals surface area (Å²) < 4.78 is 11.5. The van der Waals surface area contributed by atoms with E-state index in [0.717, 1.165) is 46.4 Å². The van der Waals surface area contributed by atoms with Crippen molar-refractivity contribution in [2.45, 2.75) is 22.8 Å². The van der Waals surface area contributed by atoms with Crippen LogP contribution in [0.2, 0.25) is 0 Å². The van der Waals surface area contributed by atoms with Crippen LogP contribution in [0.15, 0.2) is 63.1 Å². The molecule has 6 heteroatoms. The molecule has 0 saturated carbocycles. The summed E-state index contributed by atoms with van der Waals surface area (Å²) in [6, 6.07) is 14.8. The van der Waals surface area contributed by atoms with Crippen LogP contribution in [0, 0.1) is 5.92 Å². The number of benzene rings is 2. The quantitative estimate of drug-likeness (QED) is 0.620. The maximum Gasteiger partial charge on any atom is 0.182 e. The third kappa shape index (κ3) is 4.19. The number of oxazole rings is 1. The molecule has 0 radical (unpaired) electrons. The number of rotatable bonds is 6. The molecule has 0 aliphatic carbocycles. The van der Waals surface area contributed by atoms with Crippen LogP contribution in [0.3, 0.4) is 0 Å². The summed E-state index contributed by atoms with van der Waals surface area (Å²) in [4.78, 5) is 6.62. The van der Waals surface area contributed by atoms with E-state index in [1.165, 1.54) is 11.3 Å². The Morgan fingerprint density at radius 3 is 3.15 bits per heavy atom. The standard InChI is InChI=1S/C20H22N2O2S2/c1-14(11-25-19-8-4-5-16-20(19)24-13-22-16)9-21-15-10-23-17-6-2-3-7-18(17)26-12-15/h2-8,13-15,21H,9-12H2,1H3/t14-,15+/m0/s1. The van der Waals surface area contributed by atoms with E-state index in [-0.39, 0.29) is 0 Å². The van der Waals surface area contributed by atoms with E-state index >= 15 is 0 Å². The highest BCUT2D eigenvalue weighted by Crippen LogP contribution is 2.32. The summed E-state index contributed by atoms with van der Waals surface area (Å²) in [7, 11) is 0. The monoisotopic (exact) mass is 386 g/mol. The van der Waals surface area contributed by atoms with Crippen LogP contribution >= 0.6 is 23.5 Å². The van der Waals surface area contributed by atoms with Gasteiger partial charge in [-0.3, -0.25) is 0 Å². The van der Waals surface area contributed by atoms with Gasteiger partial charge in [0.2, 0.25) is 0 Å². The van der Waals surface area contributed by atoms with E-state index in [2.05, 4.69) is 35.4 Å². The molecule has 0 spiro atoms. The zero-order valence-electron chi connectivity index (χ0n) is 14.7. The summed E-state index contributed by atoms with van der Waals surface area (Å²) >= 11 is 3.70. The number of para-hydroxylation sites is 2. The van der Waals surface area contributed by atoms with Gasteiger partial charge < -0.3 is 14.5 Å². The average Bonchev–Trinajstić information content (AvgIpc) is 3.06. The third-order valence-corrected chi connectivity index (χ3v) is 6.91. The minimum atomic E-state index is 0.373. The number of aromatic nitrogens is 1. The Morgan fingerprint density at radius 2 is 2.19 bits per heavy atom. The Labute approximate surface area is 162 Å². The van der Waals surface area contributed by atoms with E-state index in [0.29, 0.717) is 12.0 Å². The molecule has 0 unspecified atom stereocenters. The molecule has 2 aromatic carbocycles. The molecule has 2 atom stereocenters. The van der Waals surface area contributed by atoms with Gasteiger partial charge in [0.25, 0.3) is 0 Å². The van der Waals surface area contributed by atoms with Crippen LogP contribution in [0.4, 0.5) is 0 Å². The second-order valence-electron chi connectivity index (χ2n) is 6.55. The smallest absolute Gasteiger partial charge is 0.182 e. The molecule has 1 aliphatic rings. The van der Waals surface area contributed by atoms with Gasteiger partial charge in [-0.1, -0.05) is 25.1 Å². The minimum Gasteiger partial charge on any atom is -0.491 e. The molecule has 0 amide bonds. The SMILES string of the molecule is C[C@@H](CN[C@@H]1COc2ccccc2SC1)CSc1cccc2ncoc12. The first-order valence-corrected chi connectivity index (χ1v) is 10.8. The number of hydrogen-bond acceptors (Lipinski definition) is 6. The predicted molar refractivity (Wildman–Crippen MR) is 108 cm³/mol. The number of fused-ring (bicyclic) bond motifs is 2. The highest BCUT2D eigenvalue weighted by Gasteiger charge is 2.18. The molecule has 1 aromatic heterocycles. The number of nitrogens with zero attached hydrogens (tertiary/aromatic N) is 1. The molecule has 4 rings (SSSR count). The van der Waals surface area contributed by atoms with Crippen molar-refractivity contribution in [2.75, 3.05) is 24.7 Å². The lowest BCUT2D eigenvalue weighted by atomic mass is 10.2. The van der Waals surface area contributed by atoms with Crippen molar-refractivity contribution >= 4 is 34.6 Å². The number of hydrogen-bond donors (Lipinski definition) is 1. The molecule has 0 fully saturated rings. The van der Waals surface area contributed by atoms with Gasteiger partial charge in [0, 0.05) is 16.4 Å². The normalized spacial score (nSPS) is 18.1. The van der Waals surface area contributed by atoms with E-state index < -0.39 is 0 Å². The topological polar surface area (TPSA) is 47.3 Å². The maximum atomic E-state index is 5.95. The number of nitrogens with one attached hydrogen (secondary N) is 1. The van der Waals surface area contributed by atoms with Gasteiger partial charge in [0.1, 0.15) is 17.9 Å². The van der Waals surface area contributed by atoms with E-state index in [1.807, 2.05) is 47.8 Å². The van der Waals surface area contributed by atoms with Crippen molar-refractivity contribution < 1.29 is 9.15 Å². The van der Waals surface area contributed by atoms with Gasteiger partial charge in [-0.05, 0) is 36.7 Å². The molecule has 26 heavy (non-hydrogen) atoms. The summed E-state index contributed by atoms with van der Waals surface area (Å²) in [5.74, 6) is 3.63. The van der Waals surface area contributed by atoms with Crippen LogP contribution in [-0.2, 0) is 0 Å². The average molecular weight is 387 g/mol. The Morgan fingerprint density at radius 1 is 1.27 bits per heavy atom. The van der Waals surface area contributed by atoms with Gasteiger partial charge in [-0.15, -0.1) is 23.5 Å². The zero-order valence-corrected chi connectivity index (χ0v) is 16.3. The van der Waals surface area contributed by atoms with Crippen molar-refractivity contribution in [1.82, 2.24) is 10.3 Å². The van der Waals surface area contributed by atoms with E-state index in [4.69, 9.17) is 9.15 Å². The first-order chi connectivity index (χ1) is 12.8. The molecule has 3 aromatic rings. The van der Waals surface area contributed by atoms with Gasteiger partial charge in [0.05, 0.1) is 10.9 Å². The molecule has 136 valence electrons. The summed E-state index contributed by atoms with van der Waals surface area (Å²) in [6.07, 6.45) is 1.52. The largest absolute Gasteiger partial charge is 0.491 e. The van der Waals surface area contributed by atoms with Crippen LogP contribution in [0.25, 0.3) is 11.1 Å². The fourth-order valence-corrected chi connectivity index (χ4v) is 4.95. The summed E-state index contributed by atoms with van der Waals surface area (Å²) in [5.41, 5.74) is 1.82. The highest BCUT2D eigenvalue weighted by atomic mass is 32.2. The lowest BCUT2D eigenvalue weighted by Gasteiger charge is -2.19. The van der Waals surface area contributed by atoms with Crippen LogP contribution in [-0.4, -0.2) is 35.7 Å². The lowest BCUT2D eigenvalue weighted by molar-refractivity contribution is 0.270. The molecular weight excluding hydrogens is 364 g/mol. The fourth-order valence-electron chi connectivity index (χ4n) is 2.87. The van der Waals surface area contributed by atoms with Crippen LogP contribution in [0.1, 0.15) is 6.92 Å². The maximum absolute atomic E-state index is 5.95. The molecular formula is C20H22N2O2S2. The highest BCUT2D eigenvalue weighted by molar-refractivity contribution is 7.99. The molecule has 1 N–H and O–H groups in total. The van der Waals surface area contributed by atoms with Crippen LogP contribution in [0.5, 0.6) is 5.75 Å². The Balaban J connectivity index is 1.25. The van der Waals surface area contributed by atoms with E-state index in [1.54, 1.807) is 0 Å². The number of thioether (sulfide) groups is 2. The Kier molecular flexibility index (Phi) is 5.72. The van der Waals surface area contributed by atoms with Gasteiger partial charge in [-0.2, -0.15) is 0 Å². The second-order valence-corrected chi connectivity index (χ2v) is 8.67.